The zero-order valence-electron chi connectivity index (χ0n) is 13.0. The van der Waals surface area contributed by atoms with Crippen molar-refractivity contribution in [1.82, 2.24) is 0 Å². The molecule has 8 heteroatoms. The van der Waals surface area contributed by atoms with Crippen molar-refractivity contribution >= 4 is 28.9 Å². The van der Waals surface area contributed by atoms with E-state index in [1.807, 2.05) is 0 Å². The molecule has 2 amide bonds. The Bertz CT molecular complexity index is 787. The second-order valence-electron chi connectivity index (χ2n) is 4.85. The summed E-state index contributed by atoms with van der Waals surface area (Å²) in [6.07, 6.45) is 0. The highest BCUT2D eigenvalue weighted by Gasteiger charge is 2.13. The summed E-state index contributed by atoms with van der Waals surface area (Å²) in [4.78, 5) is 33.5. The standard InChI is InChI=1S/C16H15N3O5/c1-10(20)11-3-5-12(6-4-11)17-16(21)18-14-9-13(19(22)23)7-8-15(14)24-2/h3-9H,1-2H3,(H2,17,18,21). The van der Waals surface area contributed by atoms with E-state index in [1.165, 1.54) is 32.2 Å². The van der Waals surface area contributed by atoms with Crippen molar-refractivity contribution in [3.8, 4) is 5.75 Å². The number of carbonyl (C=O) groups is 2. The predicted molar refractivity (Wildman–Crippen MR) is 88.7 cm³/mol. The Hall–Kier alpha value is -3.42. The highest BCUT2D eigenvalue weighted by molar-refractivity contribution is 6.01. The maximum absolute atomic E-state index is 12.0. The van der Waals surface area contributed by atoms with E-state index in [0.29, 0.717) is 17.0 Å². The number of nitrogens with zero attached hydrogens (tertiary/aromatic N) is 1. The van der Waals surface area contributed by atoms with Gasteiger partial charge in [0.2, 0.25) is 0 Å². The number of anilines is 2. The monoisotopic (exact) mass is 329 g/mol. The molecule has 0 aromatic heterocycles. The molecule has 2 aromatic carbocycles. The number of urea groups is 1. The molecule has 0 radical (unpaired) electrons. The fraction of sp³-hybridized carbons (Fsp3) is 0.125. The molecule has 0 heterocycles. The molecular formula is C16H15N3O5. The number of rotatable bonds is 5. The van der Waals surface area contributed by atoms with Crippen LogP contribution >= 0.6 is 0 Å². The number of carbonyl (C=O) groups excluding carboxylic acids is 2. The second kappa shape index (κ2) is 7.23. The van der Waals surface area contributed by atoms with Crippen LogP contribution in [0.25, 0.3) is 0 Å². The minimum absolute atomic E-state index is 0.0765. The number of hydrogen-bond donors (Lipinski definition) is 2. The third kappa shape index (κ3) is 4.07. The first-order valence-electron chi connectivity index (χ1n) is 6.92. The number of nitro groups is 1. The number of nitrogens with one attached hydrogen (secondary N) is 2. The van der Waals surface area contributed by atoms with Gasteiger partial charge in [-0.1, -0.05) is 0 Å². The van der Waals surface area contributed by atoms with Crippen LogP contribution in [0.4, 0.5) is 21.9 Å². The number of ketones is 1. The van der Waals surface area contributed by atoms with Crippen LogP contribution in [0.2, 0.25) is 0 Å². The molecule has 0 aliphatic heterocycles. The highest BCUT2D eigenvalue weighted by atomic mass is 16.6. The summed E-state index contributed by atoms with van der Waals surface area (Å²) in [6.45, 7) is 1.45. The average molecular weight is 329 g/mol. The topological polar surface area (TPSA) is 111 Å². The first-order chi connectivity index (χ1) is 11.4. The van der Waals surface area contributed by atoms with Gasteiger partial charge in [-0.3, -0.25) is 14.9 Å². The van der Waals surface area contributed by atoms with Gasteiger partial charge in [-0.25, -0.2) is 4.79 Å². The lowest BCUT2D eigenvalue weighted by molar-refractivity contribution is -0.384. The van der Waals surface area contributed by atoms with Gasteiger partial charge >= 0.3 is 6.03 Å². The lowest BCUT2D eigenvalue weighted by atomic mass is 10.1. The third-order valence-corrected chi connectivity index (χ3v) is 3.19. The summed E-state index contributed by atoms with van der Waals surface area (Å²) in [7, 11) is 1.39. The van der Waals surface area contributed by atoms with Crippen molar-refractivity contribution in [2.75, 3.05) is 17.7 Å². The zero-order valence-corrected chi connectivity index (χ0v) is 13.0. The van der Waals surface area contributed by atoms with Crippen LogP contribution in [0.5, 0.6) is 5.75 Å². The van der Waals surface area contributed by atoms with Crippen LogP contribution in [-0.4, -0.2) is 23.8 Å². The molecule has 0 spiro atoms. The molecule has 0 aliphatic rings. The molecule has 2 N–H and O–H groups in total. The summed E-state index contributed by atoms with van der Waals surface area (Å²) in [5.74, 6) is 0.218. The van der Waals surface area contributed by atoms with E-state index in [4.69, 9.17) is 4.74 Å². The molecule has 2 rings (SSSR count). The minimum Gasteiger partial charge on any atom is -0.495 e. The number of methoxy groups -OCH3 is 1. The Labute approximate surface area is 137 Å². The molecule has 2 aromatic rings. The van der Waals surface area contributed by atoms with Crippen molar-refractivity contribution in [2.24, 2.45) is 0 Å². The number of non-ortho nitro benzene ring substituents is 1. The maximum atomic E-state index is 12.0. The number of amides is 2. The van der Waals surface area contributed by atoms with E-state index in [-0.39, 0.29) is 17.2 Å². The summed E-state index contributed by atoms with van der Waals surface area (Å²) in [5.41, 5.74) is 1.00. The van der Waals surface area contributed by atoms with Gasteiger partial charge in [-0.15, -0.1) is 0 Å². The SMILES string of the molecule is COc1ccc([N+](=O)[O-])cc1NC(=O)Nc1ccc(C(C)=O)cc1. The van der Waals surface area contributed by atoms with E-state index in [2.05, 4.69) is 10.6 Å². The van der Waals surface area contributed by atoms with Crippen molar-refractivity contribution in [3.63, 3.8) is 0 Å². The molecule has 0 saturated carbocycles. The summed E-state index contributed by atoms with van der Waals surface area (Å²) in [5, 5.41) is 15.9. The van der Waals surface area contributed by atoms with E-state index in [0.717, 1.165) is 0 Å². The van der Waals surface area contributed by atoms with Crippen LogP contribution in [0.1, 0.15) is 17.3 Å². The average Bonchev–Trinajstić information content (AvgIpc) is 2.55. The van der Waals surface area contributed by atoms with Crippen molar-refractivity contribution in [3.05, 3.63) is 58.1 Å². The van der Waals surface area contributed by atoms with Gasteiger partial charge in [0.1, 0.15) is 5.75 Å². The third-order valence-electron chi connectivity index (χ3n) is 3.19. The number of ether oxygens (including phenoxy) is 1. The van der Waals surface area contributed by atoms with Crippen LogP contribution in [0.15, 0.2) is 42.5 Å². The summed E-state index contributed by atoms with van der Waals surface area (Å²) < 4.78 is 5.07. The Balaban J connectivity index is 2.12. The number of benzene rings is 2. The first kappa shape index (κ1) is 16.9. The van der Waals surface area contributed by atoms with E-state index in [1.54, 1.807) is 24.3 Å². The molecule has 0 aliphatic carbocycles. The smallest absolute Gasteiger partial charge is 0.323 e. The lowest BCUT2D eigenvalue weighted by Gasteiger charge is -2.11. The fourth-order valence-electron chi connectivity index (χ4n) is 1.98. The van der Waals surface area contributed by atoms with Crippen LogP contribution in [0, 0.1) is 10.1 Å². The number of Topliss-reactive ketones (excluding diaryl/α,β-unsaturated/α-hetero) is 1. The number of hydrogen-bond acceptors (Lipinski definition) is 5. The largest absolute Gasteiger partial charge is 0.495 e. The summed E-state index contributed by atoms with van der Waals surface area (Å²) >= 11 is 0. The molecule has 0 unspecified atom stereocenters. The molecule has 8 nitrogen and oxygen atoms in total. The van der Waals surface area contributed by atoms with Crippen LogP contribution in [0.3, 0.4) is 0 Å². The second-order valence-corrected chi connectivity index (χ2v) is 4.85. The fourth-order valence-corrected chi connectivity index (χ4v) is 1.98. The van der Waals surface area contributed by atoms with Crippen molar-refractivity contribution < 1.29 is 19.2 Å². The molecule has 0 saturated heterocycles. The van der Waals surface area contributed by atoms with Gasteiger partial charge in [-0.2, -0.15) is 0 Å². The van der Waals surface area contributed by atoms with E-state index >= 15 is 0 Å². The molecule has 24 heavy (non-hydrogen) atoms. The Morgan fingerprint density at radius 2 is 1.75 bits per heavy atom. The van der Waals surface area contributed by atoms with Gasteiger partial charge in [-0.05, 0) is 37.3 Å². The number of nitro benzene ring substituents is 1. The molecule has 0 fully saturated rings. The Morgan fingerprint density at radius 3 is 2.29 bits per heavy atom. The van der Waals surface area contributed by atoms with Gasteiger partial charge in [0.15, 0.2) is 5.78 Å². The predicted octanol–water partition coefficient (Wildman–Crippen LogP) is 3.45. The van der Waals surface area contributed by atoms with Crippen molar-refractivity contribution in [2.45, 2.75) is 6.92 Å². The van der Waals surface area contributed by atoms with Crippen molar-refractivity contribution in [1.29, 1.82) is 0 Å². The lowest BCUT2D eigenvalue weighted by Crippen LogP contribution is -2.20. The molecule has 0 bridgehead atoms. The Kier molecular flexibility index (Phi) is 5.10. The maximum Gasteiger partial charge on any atom is 0.323 e. The molecule has 0 atom stereocenters. The molecular weight excluding hydrogens is 314 g/mol. The van der Waals surface area contributed by atoms with Gasteiger partial charge in [0, 0.05) is 23.4 Å². The quantitative estimate of drug-likeness (QED) is 0.496. The molecule has 124 valence electrons. The van der Waals surface area contributed by atoms with Crippen LogP contribution in [-0.2, 0) is 0 Å². The van der Waals surface area contributed by atoms with Crippen LogP contribution < -0.4 is 15.4 Å². The summed E-state index contributed by atoms with van der Waals surface area (Å²) in [6, 6.07) is 9.64. The zero-order chi connectivity index (χ0) is 17.7. The van der Waals surface area contributed by atoms with Gasteiger partial charge < -0.3 is 15.4 Å². The Morgan fingerprint density at radius 1 is 1.08 bits per heavy atom. The van der Waals surface area contributed by atoms with E-state index < -0.39 is 11.0 Å². The van der Waals surface area contributed by atoms with E-state index in [9.17, 15) is 19.7 Å². The first-order valence-corrected chi connectivity index (χ1v) is 6.92. The minimum atomic E-state index is -0.593. The van der Waals surface area contributed by atoms with Gasteiger partial charge in [0.25, 0.3) is 5.69 Å². The highest BCUT2D eigenvalue weighted by Crippen LogP contribution is 2.29. The normalized spacial score (nSPS) is 9.92. The van der Waals surface area contributed by atoms with Gasteiger partial charge in [0.05, 0.1) is 17.7 Å².